The highest BCUT2D eigenvalue weighted by Gasteiger charge is 1.93. The fourth-order valence-corrected chi connectivity index (χ4v) is 0.245. The van der Waals surface area contributed by atoms with Crippen molar-refractivity contribution in [2.24, 2.45) is 16.9 Å². The Bertz CT molecular complexity index is 115. The average Bonchev–Trinajstić information content (AvgIpc) is 1.90. The van der Waals surface area contributed by atoms with E-state index in [1.807, 2.05) is 13.8 Å². The maximum atomic E-state index is 4.88. The van der Waals surface area contributed by atoms with Gasteiger partial charge in [-0.25, -0.2) is 0 Å². The number of hydrogen-bond acceptors (Lipinski definition) is 2. The molecule has 0 radical (unpaired) electrons. The van der Waals surface area contributed by atoms with Crippen molar-refractivity contribution in [3.05, 3.63) is 12.2 Å². The molecule has 0 aliphatic heterocycles. The zero-order chi connectivity index (χ0) is 9.28. The highest BCUT2D eigenvalue weighted by atomic mass is 15.1. The Balaban J connectivity index is 0. The molecule has 0 saturated carbocycles. The van der Waals surface area contributed by atoms with Crippen LogP contribution in [-0.4, -0.2) is 6.21 Å². The van der Waals surface area contributed by atoms with Crippen LogP contribution in [0.3, 0.4) is 0 Å². The van der Waals surface area contributed by atoms with Crippen molar-refractivity contribution >= 4 is 6.21 Å². The molecule has 0 amide bonds. The summed E-state index contributed by atoms with van der Waals surface area (Å²) in [6.45, 7) is 12.1. The van der Waals surface area contributed by atoms with Crippen molar-refractivity contribution in [2.45, 2.75) is 34.1 Å². The lowest BCUT2D eigenvalue weighted by Crippen LogP contribution is -1.94. The van der Waals surface area contributed by atoms with E-state index in [2.05, 4.69) is 25.5 Å². The molecule has 0 bridgehead atoms. The summed E-state index contributed by atoms with van der Waals surface area (Å²) < 4.78 is 0. The summed E-state index contributed by atoms with van der Waals surface area (Å²) in [6, 6.07) is 0. The molecule has 0 aromatic rings. The van der Waals surface area contributed by atoms with Gasteiger partial charge < -0.3 is 5.84 Å². The van der Waals surface area contributed by atoms with Crippen molar-refractivity contribution in [1.82, 2.24) is 0 Å². The number of hydrogen-bond donors (Lipinski definition) is 1. The molecule has 11 heavy (non-hydrogen) atoms. The second-order valence-electron chi connectivity index (χ2n) is 2.71. The highest BCUT2D eigenvalue weighted by molar-refractivity contribution is 5.77. The zero-order valence-electron chi connectivity index (χ0n) is 8.09. The van der Waals surface area contributed by atoms with Crippen LogP contribution in [0.5, 0.6) is 0 Å². The van der Waals surface area contributed by atoms with Crippen LogP contribution in [0, 0.1) is 5.92 Å². The minimum Gasteiger partial charge on any atom is -0.323 e. The molecule has 0 unspecified atom stereocenters. The molecule has 2 N–H and O–H groups in total. The van der Waals surface area contributed by atoms with Crippen molar-refractivity contribution < 1.29 is 0 Å². The predicted octanol–water partition coefficient (Wildman–Crippen LogP) is 2.56. The lowest BCUT2D eigenvalue weighted by Gasteiger charge is -1.99. The van der Waals surface area contributed by atoms with Crippen molar-refractivity contribution in [3.63, 3.8) is 0 Å². The van der Waals surface area contributed by atoms with Crippen molar-refractivity contribution in [2.75, 3.05) is 0 Å². The van der Waals surface area contributed by atoms with Crippen molar-refractivity contribution in [1.29, 1.82) is 0 Å². The Hall–Kier alpha value is -0.790. The van der Waals surface area contributed by atoms with Crippen LogP contribution < -0.4 is 5.84 Å². The maximum Gasteiger partial charge on any atom is 0.0494 e. The molecule has 0 aliphatic carbocycles. The molecule has 0 fully saturated rings. The molecule has 0 rings (SSSR count). The summed E-state index contributed by atoms with van der Waals surface area (Å²) in [6.07, 6.45) is 2.82. The molecule has 0 aromatic carbocycles. The molecule has 66 valence electrons. The number of allylic oxidation sites excluding steroid dienone is 1. The molecular formula is C9H20N2. The van der Waals surface area contributed by atoms with Crippen molar-refractivity contribution in [3.8, 4) is 0 Å². The first kappa shape index (κ1) is 12.8. The zero-order valence-corrected chi connectivity index (χ0v) is 8.09. The monoisotopic (exact) mass is 156 g/mol. The van der Waals surface area contributed by atoms with Gasteiger partial charge in [-0.15, -0.1) is 0 Å². The Kier molecular flexibility index (Phi) is 10.8. The van der Waals surface area contributed by atoms with Gasteiger partial charge in [-0.2, -0.15) is 5.10 Å². The summed E-state index contributed by atoms with van der Waals surface area (Å²) >= 11 is 0. The molecule has 0 heterocycles. The minimum absolute atomic E-state index is 0.447. The first-order chi connectivity index (χ1) is 5.09. The van der Waals surface area contributed by atoms with E-state index < -0.39 is 0 Å². The largest absolute Gasteiger partial charge is 0.323 e. The van der Waals surface area contributed by atoms with Gasteiger partial charge in [0.2, 0.25) is 0 Å². The van der Waals surface area contributed by atoms with Gasteiger partial charge in [0.15, 0.2) is 0 Å². The first-order valence-corrected chi connectivity index (χ1v) is 4.02. The van der Waals surface area contributed by atoms with Gasteiger partial charge in [-0.3, -0.25) is 0 Å². The molecule has 0 aliphatic rings. The summed E-state index contributed by atoms with van der Waals surface area (Å²) in [5.41, 5.74) is 0.965. The second-order valence-corrected chi connectivity index (χ2v) is 2.71. The van der Waals surface area contributed by atoms with Crippen LogP contribution >= 0.6 is 0 Å². The molecule has 2 heteroatoms. The van der Waals surface area contributed by atoms with E-state index in [1.165, 1.54) is 6.42 Å². The van der Waals surface area contributed by atoms with E-state index in [0.717, 1.165) is 5.57 Å². The van der Waals surface area contributed by atoms with Gasteiger partial charge in [-0.05, 0) is 11.5 Å². The van der Waals surface area contributed by atoms with Gasteiger partial charge in [0, 0.05) is 6.21 Å². The lowest BCUT2D eigenvalue weighted by atomic mass is 10.1. The predicted molar refractivity (Wildman–Crippen MR) is 52.6 cm³/mol. The second kappa shape index (κ2) is 9.21. The first-order valence-electron chi connectivity index (χ1n) is 4.02. The number of hydrazone groups is 1. The molecule has 0 atom stereocenters. The SMILES string of the molecule is C=C(/C=N\N)C(C)C.CCC. The summed E-state index contributed by atoms with van der Waals surface area (Å²) in [5, 5.41) is 3.33. The van der Waals surface area contributed by atoms with Crippen LogP contribution in [0.15, 0.2) is 17.3 Å². The van der Waals surface area contributed by atoms with E-state index in [4.69, 9.17) is 5.84 Å². The Labute approximate surface area is 70.2 Å². The average molecular weight is 156 g/mol. The number of rotatable bonds is 2. The van der Waals surface area contributed by atoms with Gasteiger partial charge in [0.25, 0.3) is 0 Å². The molecule has 0 spiro atoms. The highest BCUT2D eigenvalue weighted by Crippen LogP contribution is 2.01. The third-order valence-corrected chi connectivity index (χ3v) is 0.982. The Morgan fingerprint density at radius 3 is 2.00 bits per heavy atom. The lowest BCUT2D eigenvalue weighted by molar-refractivity contribution is 0.809. The normalized spacial score (nSPS) is 9.55. The third-order valence-electron chi connectivity index (χ3n) is 0.982. The summed E-state index contributed by atoms with van der Waals surface area (Å²) in [7, 11) is 0. The maximum absolute atomic E-state index is 4.88. The number of nitrogens with two attached hydrogens (primary N) is 1. The smallest absolute Gasteiger partial charge is 0.0494 e. The van der Waals surface area contributed by atoms with E-state index in [0.29, 0.717) is 5.92 Å². The van der Waals surface area contributed by atoms with Gasteiger partial charge in [0.1, 0.15) is 0 Å². The van der Waals surface area contributed by atoms with E-state index in [-0.39, 0.29) is 0 Å². The van der Waals surface area contributed by atoms with Gasteiger partial charge in [0.05, 0.1) is 0 Å². The Morgan fingerprint density at radius 1 is 1.55 bits per heavy atom. The third kappa shape index (κ3) is 12.4. The number of nitrogens with zero attached hydrogens (tertiary/aromatic N) is 1. The Morgan fingerprint density at radius 2 is 1.91 bits per heavy atom. The van der Waals surface area contributed by atoms with E-state index >= 15 is 0 Å². The fourth-order valence-electron chi connectivity index (χ4n) is 0.245. The standard InChI is InChI=1S/C6H12N2.C3H8/c1-5(2)6(3)4-8-7;1-3-2/h4-5H,3,7H2,1-2H3;3H2,1-2H3/b8-4-;. The van der Waals surface area contributed by atoms with Crippen LogP contribution in [0.4, 0.5) is 0 Å². The van der Waals surface area contributed by atoms with Crippen LogP contribution in [0.25, 0.3) is 0 Å². The summed E-state index contributed by atoms with van der Waals surface area (Å²) in [4.78, 5) is 0. The molecule has 2 nitrogen and oxygen atoms in total. The minimum atomic E-state index is 0.447. The van der Waals surface area contributed by atoms with Gasteiger partial charge >= 0.3 is 0 Å². The molecule has 0 aromatic heterocycles. The van der Waals surface area contributed by atoms with Crippen LogP contribution in [0.1, 0.15) is 34.1 Å². The quantitative estimate of drug-likeness (QED) is 0.372. The molecule has 0 saturated heterocycles. The van der Waals surface area contributed by atoms with E-state index in [1.54, 1.807) is 6.21 Å². The van der Waals surface area contributed by atoms with Crippen LogP contribution in [0.2, 0.25) is 0 Å². The van der Waals surface area contributed by atoms with Gasteiger partial charge in [-0.1, -0.05) is 40.7 Å². The summed E-state index contributed by atoms with van der Waals surface area (Å²) in [5.74, 6) is 5.32. The molecular weight excluding hydrogens is 136 g/mol. The topological polar surface area (TPSA) is 38.4 Å². The van der Waals surface area contributed by atoms with Crippen LogP contribution in [-0.2, 0) is 0 Å². The fraction of sp³-hybridized carbons (Fsp3) is 0.667. The van der Waals surface area contributed by atoms with E-state index in [9.17, 15) is 0 Å².